The molecule has 0 heterocycles. The van der Waals surface area contributed by atoms with Crippen molar-refractivity contribution in [1.82, 2.24) is 0 Å². The van der Waals surface area contributed by atoms with Crippen LogP contribution < -0.4 is 5.43 Å². The van der Waals surface area contributed by atoms with E-state index >= 15 is 0 Å². The fourth-order valence-electron chi connectivity index (χ4n) is 1.05. The van der Waals surface area contributed by atoms with Crippen molar-refractivity contribution in [3.05, 3.63) is 32.3 Å². The van der Waals surface area contributed by atoms with Crippen LogP contribution in [-0.4, -0.2) is 10.1 Å². The molecule has 0 amide bonds. The number of anilines is 1. The fraction of sp³-hybridized carbons (Fsp3) is 0.364. The Morgan fingerprint density at radius 3 is 2.32 bits per heavy atom. The first-order chi connectivity index (χ1) is 8.62. The first-order valence-corrected chi connectivity index (χ1v) is 6.39. The van der Waals surface area contributed by atoms with Gasteiger partial charge in [0.2, 0.25) is 0 Å². The first kappa shape index (κ1) is 16.0. The summed E-state index contributed by atoms with van der Waals surface area (Å²) in [6.45, 7) is 5.59. The van der Waals surface area contributed by atoms with Gasteiger partial charge in [-0.25, -0.2) is 0 Å². The minimum Gasteiger partial charge on any atom is -0.271 e. The maximum atomic E-state index is 10.9. The Balaban J connectivity index is 3.14. The summed E-state index contributed by atoms with van der Waals surface area (Å²) in [5.41, 5.74) is 2.08. The smallest absolute Gasteiger partial charge is 0.271 e. The first-order valence-electron chi connectivity index (χ1n) is 5.26. The molecule has 19 heavy (non-hydrogen) atoms. The lowest BCUT2D eigenvalue weighted by atomic mass is 9.99. The second-order valence-corrected chi connectivity index (χ2v) is 5.98. The van der Waals surface area contributed by atoms with Crippen molar-refractivity contribution >= 4 is 51.3 Å². The van der Waals surface area contributed by atoms with Crippen molar-refractivity contribution < 1.29 is 4.92 Å². The molecule has 0 aromatic heterocycles. The molecular weight excluding hydrogens is 312 g/mol. The van der Waals surface area contributed by atoms with Crippen molar-refractivity contribution in [1.29, 1.82) is 0 Å². The van der Waals surface area contributed by atoms with E-state index in [-0.39, 0.29) is 32.0 Å². The number of hydrogen-bond acceptors (Lipinski definition) is 4. The molecule has 0 aliphatic rings. The van der Waals surface area contributed by atoms with E-state index < -0.39 is 4.92 Å². The number of benzene rings is 1. The molecule has 1 aromatic carbocycles. The summed E-state index contributed by atoms with van der Waals surface area (Å²) in [5.74, 6) is 0. The van der Waals surface area contributed by atoms with Gasteiger partial charge in [-0.15, -0.1) is 0 Å². The Labute approximate surface area is 125 Å². The summed E-state index contributed by atoms with van der Waals surface area (Å²) in [4.78, 5) is 10.3. The molecule has 0 bridgehead atoms. The molecule has 0 aliphatic heterocycles. The van der Waals surface area contributed by atoms with Crippen LogP contribution in [0.25, 0.3) is 0 Å². The van der Waals surface area contributed by atoms with Crippen LogP contribution in [0.4, 0.5) is 11.4 Å². The summed E-state index contributed by atoms with van der Waals surface area (Å²) in [6.07, 6.45) is 0. The molecule has 0 radical (unpaired) electrons. The van der Waals surface area contributed by atoms with Crippen LogP contribution in [0.5, 0.6) is 0 Å². The van der Waals surface area contributed by atoms with E-state index in [1.165, 1.54) is 6.07 Å². The normalized spacial score (nSPS) is 12.4. The highest BCUT2D eigenvalue weighted by molar-refractivity contribution is 6.66. The van der Waals surface area contributed by atoms with Crippen LogP contribution in [0.3, 0.4) is 0 Å². The van der Waals surface area contributed by atoms with Crippen LogP contribution >= 0.6 is 34.8 Å². The van der Waals surface area contributed by atoms with Gasteiger partial charge in [0.25, 0.3) is 5.69 Å². The number of rotatable bonds is 3. The van der Waals surface area contributed by atoms with Gasteiger partial charge < -0.3 is 0 Å². The average Bonchev–Trinajstić information content (AvgIpc) is 2.28. The molecule has 1 rings (SSSR count). The highest BCUT2D eigenvalue weighted by atomic mass is 35.5. The molecule has 0 aliphatic carbocycles. The number of nitro groups is 1. The zero-order valence-electron chi connectivity index (χ0n) is 10.5. The van der Waals surface area contributed by atoms with Gasteiger partial charge in [-0.05, 0) is 6.07 Å². The lowest BCUT2D eigenvalue weighted by molar-refractivity contribution is -0.383. The average molecular weight is 325 g/mol. The van der Waals surface area contributed by atoms with Gasteiger partial charge >= 0.3 is 0 Å². The van der Waals surface area contributed by atoms with E-state index in [1.807, 2.05) is 20.8 Å². The Morgan fingerprint density at radius 2 is 1.84 bits per heavy atom. The summed E-state index contributed by atoms with van der Waals surface area (Å²) in [7, 11) is 0. The number of hydrogen-bond donors (Lipinski definition) is 1. The highest BCUT2D eigenvalue weighted by Crippen LogP contribution is 2.34. The lowest BCUT2D eigenvalue weighted by Crippen LogP contribution is -2.16. The van der Waals surface area contributed by atoms with Gasteiger partial charge in [0.15, 0.2) is 0 Å². The van der Waals surface area contributed by atoms with Crippen molar-refractivity contribution in [2.45, 2.75) is 20.8 Å². The van der Waals surface area contributed by atoms with Gasteiger partial charge in [-0.3, -0.25) is 15.5 Å². The number of nitro benzene ring substituents is 1. The van der Waals surface area contributed by atoms with Crippen LogP contribution in [-0.2, 0) is 0 Å². The molecule has 0 atom stereocenters. The number of nitrogens with zero attached hydrogens (tertiary/aromatic N) is 2. The van der Waals surface area contributed by atoms with Crippen molar-refractivity contribution in [3.63, 3.8) is 0 Å². The zero-order chi connectivity index (χ0) is 14.8. The molecule has 0 saturated carbocycles. The monoisotopic (exact) mass is 323 g/mol. The predicted octanol–water partition coefficient (Wildman–Crippen LogP) is 4.91. The topological polar surface area (TPSA) is 67.5 Å². The number of halogens is 3. The van der Waals surface area contributed by atoms with Gasteiger partial charge in [-0.2, -0.15) is 5.10 Å². The minimum atomic E-state index is -0.578. The molecule has 1 aromatic rings. The third-order valence-corrected chi connectivity index (χ3v) is 3.50. The second-order valence-electron chi connectivity index (χ2n) is 4.80. The molecule has 0 saturated heterocycles. The van der Waals surface area contributed by atoms with Crippen molar-refractivity contribution in [2.24, 2.45) is 10.5 Å². The Morgan fingerprint density at radius 1 is 1.32 bits per heavy atom. The Bertz CT molecular complexity index is 539. The third-order valence-electron chi connectivity index (χ3n) is 2.13. The van der Waals surface area contributed by atoms with E-state index in [0.717, 1.165) is 6.07 Å². The van der Waals surface area contributed by atoms with E-state index in [4.69, 9.17) is 34.8 Å². The molecule has 5 nitrogen and oxygen atoms in total. The van der Waals surface area contributed by atoms with E-state index in [2.05, 4.69) is 10.5 Å². The summed E-state index contributed by atoms with van der Waals surface area (Å²) in [5, 5.41) is 15.4. The van der Waals surface area contributed by atoms with Crippen LogP contribution in [0, 0.1) is 15.5 Å². The molecule has 104 valence electrons. The summed E-state index contributed by atoms with van der Waals surface area (Å²) in [6, 6.07) is 2.49. The lowest BCUT2D eigenvalue weighted by Gasteiger charge is -2.15. The summed E-state index contributed by atoms with van der Waals surface area (Å²) >= 11 is 17.5. The third kappa shape index (κ3) is 4.23. The highest BCUT2D eigenvalue weighted by Gasteiger charge is 2.19. The molecule has 0 unspecified atom stereocenters. The molecule has 1 N–H and O–H groups in total. The van der Waals surface area contributed by atoms with E-state index in [1.54, 1.807) is 0 Å². The van der Waals surface area contributed by atoms with Crippen molar-refractivity contribution in [2.75, 3.05) is 5.43 Å². The maximum absolute atomic E-state index is 10.9. The van der Waals surface area contributed by atoms with Crippen molar-refractivity contribution in [3.8, 4) is 0 Å². The van der Waals surface area contributed by atoms with Gasteiger partial charge in [0.1, 0.15) is 10.9 Å². The van der Waals surface area contributed by atoms with E-state index in [9.17, 15) is 10.1 Å². The van der Waals surface area contributed by atoms with Gasteiger partial charge in [0, 0.05) is 11.5 Å². The molecule has 8 heteroatoms. The van der Waals surface area contributed by atoms with E-state index in [0.29, 0.717) is 0 Å². The maximum Gasteiger partial charge on any atom is 0.295 e. The van der Waals surface area contributed by atoms with Crippen LogP contribution in [0.1, 0.15) is 20.8 Å². The van der Waals surface area contributed by atoms with Gasteiger partial charge in [0.05, 0.1) is 15.0 Å². The largest absolute Gasteiger partial charge is 0.295 e. The zero-order valence-corrected chi connectivity index (χ0v) is 12.8. The SMILES string of the molecule is CC(C)(C)C(Cl)=NNc1cc(Cl)c(Cl)cc1[N+](=O)[O-]. The number of hydrazone groups is 1. The van der Waals surface area contributed by atoms with Crippen LogP contribution in [0.15, 0.2) is 17.2 Å². The fourth-order valence-corrected chi connectivity index (χ4v) is 1.42. The minimum absolute atomic E-state index is 0.102. The second kappa shape index (κ2) is 5.94. The predicted molar refractivity (Wildman–Crippen MR) is 79.5 cm³/mol. The summed E-state index contributed by atoms with van der Waals surface area (Å²) < 4.78 is 0. The molecule has 0 spiro atoms. The standard InChI is InChI=1S/C11H12Cl3N3O2/c1-11(2,3)10(14)16-15-8-4-6(12)7(13)5-9(8)17(18)19/h4-5,15H,1-3H3. The van der Waals surface area contributed by atoms with Crippen LogP contribution in [0.2, 0.25) is 10.0 Å². The molecular formula is C11H12Cl3N3O2. The molecule has 0 fully saturated rings. The Kier molecular flexibility index (Phi) is 5.01. The Hall–Kier alpha value is -1.04. The quantitative estimate of drug-likeness (QED) is 0.488. The number of nitrogens with one attached hydrogen (secondary N) is 1. The van der Waals surface area contributed by atoms with Gasteiger partial charge in [-0.1, -0.05) is 55.6 Å².